The van der Waals surface area contributed by atoms with Crippen LogP contribution < -0.4 is 5.32 Å². The summed E-state index contributed by atoms with van der Waals surface area (Å²) in [4.78, 5) is 37.6. The summed E-state index contributed by atoms with van der Waals surface area (Å²) in [5.74, 6) is -2.99. The van der Waals surface area contributed by atoms with Gasteiger partial charge < -0.3 is 15.0 Å². The summed E-state index contributed by atoms with van der Waals surface area (Å²) in [6.45, 7) is 3.20. The van der Waals surface area contributed by atoms with Gasteiger partial charge >= 0.3 is 5.97 Å². The van der Waals surface area contributed by atoms with E-state index in [-0.39, 0.29) is 36.3 Å². The van der Waals surface area contributed by atoms with Crippen molar-refractivity contribution in [3.05, 3.63) is 35.4 Å². The lowest BCUT2D eigenvalue weighted by molar-refractivity contribution is -0.151. The molecule has 148 valence electrons. The van der Waals surface area contributed by atoms with Crippen LogP contribution in [0.15, 0.2) is 18.2 Å². The molecule has 1 N–H and O–H groups in total. The molecule has 27 heavy (non-hydrogen) atoms. The second-order valence-corrected chi connectivity index (χ2v) is 6.41. The van der Waals surface area contributed by atoms with Gasteiger partial charge in [-0.15, -0.1) is 0 Å². The minimum absolute atomic E-state index is 0.0915. The average Bonchev–Trinajstić information content (AvgIpc) is 2.65. The number of benzene rings is 1. The molecule has 8 heteroatoms. The molecule has 0 saturated carbocycles. The van der Waals surface area contributed by atoms with Gasteiger partial charge in [0.15, 0.2) is 0 Å². The molecule has 1 heterocycles. The van der Waals surface area contributed by atoms with Crippen LogP contribution in [0.1, 0.15) is 43.0 Å². The molecular weight excluding hydrogens is 358 g/mol. The van der Waals surface area contributed by atoms with E-state index in [1.54, 1.807) is 11.8 Å². The fraction of sp³-hybridized carbons (Fsp3) is 0.526. The van der Waals surface area contributed by atoms with Crippen molar-refractivity contribution in [1.29, 1.82) is 0 Å². The number of esters is 1. The number of amides is 2. The fourth-order valence-corrected chi connectivity index (χ4v) is 3.02. The number of ether oxygens (including phenoxy) is 1. The van der Waals surface area contributed by atoms with Crippen LogP contribution in [-0.4, -0.2) is 48.9 Å². The molecule has 1 saturated heterocycles. The number of nitrogens with one attached hydrogen (secondary N) is 1. The highest BCUT2D eigenvalue weighted by molar-refractivity contribution is 5.94. The summed E-state index contributed by atoms with van der Waals surface area (Å²) in [6.07, 6.45) is 2.05. The SMILES string of the molecule is CCOC(=O)C1CCCN(C(=O)CCCNC(=O)c2ccc(F)cc2F)C1. The van der Waals surface area contributed by atoms with Crippen molar-refractivity contribution in [2.75, 3.05) is 26.2 Å². The first-order valence-electron chi connectivity index (χ1n) is 9.10. The highest BCUT2D eigenvalue weighted by Crippen LogP contribution is 2.19. The minimum atomic E-state index is -0.929. The van der Waals surface area contributed by atoms with E-state index in [0.29, 0.717) is 38.6 Å². The molecule has 0 spiro atoms. The van der Waals surface area contributed by atoms with Gasteiger partial charge in [0.2, 0.25) is 5.91 Å². The van der Waals surface area contributed by atoms with Gasteiger partial charge in [-0.2, -0.15) is 0 Å². The summed E-state index contributed by atoms with van der Waals surface area (Å²) < 4.78 is 31.4. The highest BCUT2D eigenvalue weighted by atomic mass is 19.1. The van der Waals surface area contributed by atoms with E-state index in [9.17, 15) is 23.2 Å². The Balaban J connectivity index is 1.74. The Labute approximate surface area is 156 Å². The van der Waals surface area contributed by atoms with Gasteiger partial charge in [-0.25, -0.2) is 8.78 Å². The summed E-state index contributed by atoms with van der Waals surface area (Å²) in [5.41, 5.74) is -0.240. The van der Waals surface area contributed by atoms with Crippen molar-refractivity contribution in [3.8, 4) is 0 Å². The number of carbonyl (C=O) groups excluding carboxylic acids is 3. The predicted octanol–water partition coefficient (Wildman–Crippen LogP) is 2.28. The Kier molecular flexibility index (Phi) is 7.69. The van der Waals surface area contributed by atoms with Crippen LogP contribution in [0, 0.1) is 17.6 Å². The molecule has 6 nitrogen and oxygen atoms in total. The zero-order valence-corrected chi connectivity index (χ0v) is 15.3. The molecule has 0 aliphatic carbocycles. The molecule has 0 radical (unpaired) electrons. The third-order valence-corrected chi connectivity index (χ3v) is 4.42. The molecule has 1 aromatic carbocycles. The van der Waals surface area contributed by atoms with Crippen LogP contribution in [0.4, 0.5) is 8.78 Å². The van der Waals surface area contributed by atoms with Crippen molar-refractivity contribution >= 4 is 17.8 Å². The Morgan fingerprint density at radius 2 is 2.07 bits per heavy atom. The van der Waals surface area contributed by atoms with Crippen LogP contribution in [0.25, 0.3) is 0 Å². The van der Waals surface area contributed by atoms with Crippen molar-refractivity contribution in [2.45, 2.75) is 32.6 Å². The fourth-order valence-electron chi connectivity index (χ4n) is 3.02. The van der Waals surface area contributed by atoms with E-state index in [1.807, 2.05) is 0 Å². The zero-order chi connectivity index (χ0) is 19.8. The van der Waals surface area contributed by atoms with Gasteiger partial charge in [-0.05, 0) is 38.3 Å². The molecule has 1 aliphatic rings. The topological polar surface area (TPSA) is 75.7 Å². The third kappa shape index (κ3) is 6.01. The lowest BCUT2D eigenvalue weighted by Crippen LogP contribution is -2.43. The number of hydrogen-bond acceptors (Lipinski definition) is 4. The molecule has 1 fully saturated rings. The lowest BCUT2D eigenvalue weighted by atomic mass is 9.98. The number of piperidine rings is 1. The first kappa shape index (κ1) is 20.8. The average molecular weight is 382 g/mol. The predicted molar refractivity (Wildman–Crippen MR) is 93.9 cm³/mol. The number of rotatable bonds is 7. The number of carbonyl (C=O) groups is 3. The van der Waals surface area contributed by atoms with Crippen molar-refractivity contribution < 1.29 is 27.9 Å². The first-order chi connectivity index (χ1) is 12.9. The van der Waals surface area contributed by atoms with Crippen LogP contribution in [0.2, 0.25) is 0 Å². The van der Waals surface area contributed by atoms with E-state index in [2.05, 4.69) is 5.32 Å². The van der Waals surface area contributed by atoms with E-state index in [4.69, 9.17) is 4.74 Å². The van der Waals surface area contributed by atoms with Crippen LogP contribution >= 0.6 is 0 Å². The first-order valence-corrected chi connectivity index (χ1v) is 9.10. The maximum Gasteiger partial charge on any atom is 0.310 e. The minimum Gasteiger partial charge on any atom is -0.466 e. The van der Waals surface area contributed by atoms with E-state index in [1.165, 1.54) is 0 Å². The van der Waals surface area contributed by atoms with Crippen LogP contribution in [0.3, 0.4) is 0 Å². The van der Waals surface area contributed by atoms with Crippen molar-refractivity contribution in [3.63, 3.8) is 0 Å². The summed E-state index contributed by atoms with van der Waals surface area (Å²) >= 11 is 0. The maximum absolute atomic E-state index is 13.5. The van der Waals surface area contributed by atoms with E-state index in [0.717, 1.165) is 18.6 Å². The Hall–Kier alpha value is -2.51. The van der Waals surface area contributed by atoms with Gasteiger partial charge in [-0.1, -0.05) is 0 Å². The standard InChI is InChI=1S/C19H24F2N2O4/c1-2-27-19(26)13-5-4-10-23(12-13)17(24)6-3-9-22-18(25)15-8-7-14(20)11-16(15)21/h7-8,11,13H,2-6,9-10,12H2,1H3,(H,22,25). The molecule has 1 unspecified atom stereocenters. The molecular formula is C19H24F2N2O4. The Morgan fingerprint density at radius 3 is 2.78 bits per heavy atom. The molecule has 2 rings (SSSR count). The van der Waals surface area contributed by atoms with Crippen LogP contribution in [-0.2, 0) is 14.3 Å². The van der Waals surface area contributed by atoms with Crippen LogP contribution in [0.5, 0.6) is 0 Å². The molecule has 2 amide bonds. The number of hydrogen-bond donors (Lipinski definition) is 1. The second kappa shape index (κ2) is 9.99. The van der Waals surface area contributed by atoms with Gasteiger partial charge in [-0.3, -0.25) is 14.4 Å². The second-order valence-electron chi connectivity index (χ2n) is 6.41. The Morgan fingerprint density at radius 1 is 1.30 bits per heavy atom. The lowest BCUT2D eigenvalue weighted by Gasteiger charge is -2.31. The molecule has 1 aromatic rings. The largest absolute Gasteiger partial charge is 0.466 e. The molecule has 1 atom stereocenters. The number of likely N-dealkylation sites (tertiary alicyclic amines) is 1. The van der Waals surface area contributed by atoms with Gasteiger partial charge in [0.25, 0.3) is 5.91 Å². The van der Waals surface area contributed by atoms with Crippen molar-refractivity contribution in [1.82, 2.24) is 10.2 Å². The van der Waals surface area contributed by atoms with Crippen molar-refractivity contribution in [2.24, 2.45) is 5.92 Å². The zero-order valence-electron chi connectivity index (χ0n) is 15.3. The number of halogens is 2. The van der Waals surface area contributed by atoms with E-state index >= 15 is 0 Å². The number of nitrogens with zero attached hydrogens (tertiary/aromatic N) is 1. The van der Waals surface area contributed by atoms with Gasteiger partial charge in [0.1, 0.15) is 11.6 Å². The quantitative estimate of drug-likeness (QED) is 0.580. The molecule has 0 aromatic heterocycles. The summed E-state index contributed by atoms with van der Waals surface area (Å²) in [5, 5.41) is 2.52. The third-order valence-electron chi connectivity index (χ3n) is 4.42. The maximum atomic E-state index is 13.5. The van der Waals surface area contributed by atoms with Gasteiger partial charge in [0.05, 0.1) is 18.1 Å². The highest BCUT2D eigenvalue weighted by Gasteiger charge is 2.29. The molecule has 0 bridgehead atoms. The normalized spacial score (nSPS) is 16.7. The molecule has 1 aliphatic heterocycles. The smallest absolute Gasteiger partial charge is 0.310 e. The van der Waals surface area contributed by atoms with Gasteiger partial charge in [0, 0.05) is 32.1 Å². The summed E-state index contributed by atoms with van der Waals surface area (Å²) in [7, 11) is 0. The summed E-state index contributed by atoms with van der Waals surface area (Å²) in [6, 6.07) is 2.74. The Bertz CT molecular complexity index is 696. The van der Waals surface area contributed by atoms with E-state index < -0.39 is 17.5 Å². The monoisotopic (exact) mass is 382 g/mol.